The first-order chi connectivity index (χ1) is 15.3. The number of ether oxygens (including phenoxy) is 1. The molecule has 174 valence electrons. The molecule has 0 bridgehead atoms. The summed E-state index contributed by atoms with van der Waals surface area (Å²) < 4.78 is 83.5. The van der Waals surface area contributed by atoms with Crippen molar-refractivity contribution >= 4 is 17.4 Å². The highest BCUT2D eigenvalue weighted by molar-refractivity contribution is 6.00. The Morgan fingerprint density at radius 2 is 1.33 bits per heavy atom. The average Bonchev–Trinajstić information content (AvgIpc) is 2.70. The molecule has 6 nitrogen and oxygen atoms in total. The van der Waals surface area contributed by atoms with E-state index in [0.29, 0.717) is 17.9 Å². The number of nitrogens with zero attached hydrogens (tertiary/aromatic N) is 2. The van der Waals surface area contributed by atoms with Gasteiger partial charge in [0, 0.05) is 5.69 Å². The average molecular weight is 470 g/mol. The number of urea groups is 1. The molecule has 2 amide bonds. The summed E-state index contributed by atoms with van der Waals surface area (Å²) in [4.78, 5) is 20.5. The predicted molar refractivity (Wildman–Crippen MR) is 107 cm³/mol. The molecule has 3 aromatic rings. The molecule has 0 saturated heterocycles. The minimum Gasteiger partial charge on any atom is -0.424 e. The van der Waals surface area contributed by atoms with Crippen molar-refractivity contribution in [3.05, 3.63) is 71.0 Å². The number of aryl methyl sites for hydroxylation is 2. The molecular weight excluding hydrogens is 454 g/mol. The second-order valence-corrected chi connectivity index (χ2v) is 6.84. The van der Waals surface area contributed by atoms with E-state index in [-0.39, 0.29) is 29.2 Å². The Morgan fingerprint density at radius 3 is 1.82 bits per heavy atom. The molecule has 3 rings (SSSR count). The van der Waals surface area contributed by atoms with Crippen LogP contribution in [0.1, 0.15) is 22.5 Å². The molecule has 0 unspecified atom stereocenters. The summed E-state index contributed by atoms with van der Waals surface area (Å²) >= 11 is 0. The summed E-state index contributed by atoms with van der Waals surface area (Å²) in [5.74, 6) is 0.472. The first-order valence-corrected chi connectivity index (χ1v) is 9.28. The number of benzene rings is 2. The molecule has 0 spiro atoms. The van der Waals surface area contributed by atoms with Gasteiger partial charge in [0.05, 0.1) is 28.2 Å². The molecular formula is C21H16F6N4O2. The van der Waals surface area contributed by atoms with E-state index in [9.17, 15) is 31.1 Å². The lowest BCUT2D eigenvalue weighted by atomic mass is 10.1. The number of carbonyl (C=O) groups is 1. The van der Waals surface area contributed by atoms with Crippen molar-refractivity contribution in [2.24, 2.45) is 0 Å². The van der Waals surface area contributed by atoms with Gasteiger partial charge in [-0.05, 0) is 44.2 Å². The Kier molecular flexibility index (Phi) is 6.47. The fraction of sp³-hybridized carbons (Fsp3) is 0.190. The topological polar surface area (TPSA) is 76.1 Å². The van der Waals surface area contributed by atoms with E-state index in [1.54, 1.807) is 30.3 Å². The first-order valence-electron chi connectivity index (χ1n) is 9.28. The van der Waals surface area contributed by atoms with Crippen LogP contribution in [0.3, 0.4) is 0 Å². The predicted octanol–water partition coefficient (Wildman–Crippen LogP) is 6.57. The Morgan fingerprint density at radius 1 is 0.818 bits per heavy atom. The fourth-order valence-corrected chi connectivity index (χ4v) is 2.81. The third kappa shape index (κ3) is 6.11. The number of hydrogen-bond donors (Lipinski definition) is 2. The zero-order valence-electron chi connectivity index (χ0n) is 17.1. The lowest BCUT2D eigenvalue weighted by molar-refractivity contribution is -0.143. The molecule has 0 aliphatic carbocycles. The van der Waals surface area contributed by atoms with Crippen LogP contribution in [0.25, 0.3) is 0 Å². The van der Waals surface area contributed by atoms with E-state index in [2.05, 4.69) is 15.3 Å². The van der Waals surface area contributed by atoms with E-state index in [0.717, 1.165) is 0 Å². The van der Waals surface area contributed by atoms with E-state index >= 15 is 0 Å². The molecule has 33 heavy (non-hydrogen) atoms. The van der Waals surface area contributed by atoms with Gasteiger partial charge >= 0.3 is 24.4 Å². The Labute approximate surface area is 183 Å². The summed E-state index contributed by atoms with van der Waals surface area (Å²) in [6.07, 6.45) is -10.1. The smallest absolute Gasteiger partial charge is 0.416 e. The number of aromatic nitrogens is 2. The SMILES string of the molecule is Cc1nc(Oc2ccccc2)nc(C)c1NC(=O)Nc1cc(C(F)(F)F)cc(C(F)(F)F)c1. The van der Waals surface area contributed by atoms with Crippen LogP contribution in [0.5, 0.6) is 11.8 Å². The van der Waals surface area contributed by atoms with Gasteiger partial charge in [0.1, 0.15) is 5.75 Å². The van der Waals surface area contributed by atoms with Gasteiger partial charge in [0.2, 0.25) is 0 Å². The van der Waals surface area contributed by atoms with E-state index in [1.807, 2.05) is 5.32 Å². The van der Waals surface area contributed by atoms with E-state index < -0.39 is 35.2 Å². The van der Waals surface area contributed by atoms with Crippen LogP contribution in [-0.2, 0) is 12.4 Å². The monoisotopic (exact) mass is 470 g/mol. The van der Waals surface area contributed by atoms with Gasteiger partial charge in [0.15, 0.2) is 0 Å². The van der Waals surface area contributed by atoms with Crippen molar-refractivity contribution in [2.75, 3.05) is 10.6 Å². The molecule has 2 N–H and O–H groups in total. The number of hydrogen-bond acceptors (Lipinski definition) is 4. The maximum absolute atomic E-state index is 13.0. The minimum absolute atomic E-state index is 0.00476. The van der Waals surface area contributed by atoms with Crippen molar-refractivity contribution in [1.82, 2.24) is 9.97 Å². The van der Waals surface area contributed by atoms with Crippen LogP contribution in [0.15, 0.2) is 48.5 Å². The molecule has 0 radical (unpaired) electrons. The number of alkyl halides is 6. The number of para-hydroxylation sites is 1. The number of rotatable bonds is 4. The Bertz CT molecular complexity index is 1110. The summed E-state index contributed by atoms with van der Waals surface area (Å²) in [7, 11) is 0. The van der Waals surface area contributed by atoms with Crippen LogP contribution in [0, 0.1) is 13.8 Å². The number of anilines is 2. The Balaban J connectivity index is 1.81. The van der Waals surface area contributed by atoms with Gasteiger partial charge in [-0.1, -0.05) is 18.2 Å². The summed E-state index contributed by atoms with van der Waals surface area (Å²) in [5.41, 5.74) is -3.13. The number of halogens is 6. The molecule has 0 fully saturated rings. The van der Waals surface area contributed by atoms with Crippen LogP contribution >= 0.6 is 0 Å². The second kappa shape index (κ2) is 8.96. The summed E-state index contributed by atoms with van der Waals surface area (Å²) in [6.45, 7) is 3.04. The maximum Gasteiger partial charge on any atom is 0.416 e. The van der Waals surface area contributed by atoms with Crippen LogP contribution in [0.4, 0.5) is 42.5 Å². The fourth-order valence-electron chi connectivity index (χ4n) is 2.81. The number of amides is 2. The quantitative estimate of drug-likeness (QED) is 0.423. The number of nitrogens with one attached hydrogen (secondary N) is 2. The highest BCUT2D eigenvalue weighted by atomic mass is 19.4. The van der Waals surface area contributed by atoms with E-state index in [1.165, 1.54) is 13.8 Å². The van der Waals surface area contributed by atoms with E-state index in [4.69, 9.17) is 4.74 Å². The zero-order chi connectivity index (χ0) is 24.4. The summed E-state index contributed by atoms with van der Waals surface area (Å²) in [6, 6.07) is 8.33. The molecule has 12 heteroatoms. The lowest BCUT2D eigenvalue weighted by Crippen LogP contribution is -2.22. The zero-order valence-corrected chi connectivity index (χ0v) is 17.1. The first kappa shape index (κ1) is 23.8. The van der Waals surface area contributed by atoms with Crippen molar-refractivity contribution in [3.63, 3.8) is 0 Å². The largest absolute Gasteiger partial charge is 0.424 e. The van der Waals surface area contributed by atoms with Crippen LogP contribution in [0.2, 0.25) is 0 Å². The lowest BCUT2D eigenvalue weighted by Gasteiger charge is -2.16. The van der Waals surface area contributed by atoms with Gasteiger partial charge in [0.25, 0.3) is 0 Å². The highest BCUT2D eigenvalue weighted by Crippen LogP contribution is 2.37. The Hall–Kier alpha value is -3.83. The van der Waals surface area contributed by atoms with Crippen molar-refractivity contribution in [2.45, 2.75) is 26.2 Å². The maximum atomic E-state index is 13.0. The molecule has 2 aromatic carbocycles. The van der Waals surface area contributed by atoms with Gasteiger partial charge in [-0.3, -0.25) is 0 Å². The minimum atomic E-state index is -5.04. The van der Waals surface area contributed by atoms with Gasteiger partial charge in [-0.25, -0.2) is 4.79 Å². The number of carbonyl (C=O) groups excluding carboxylic acids is 1. The van der Waals surface area contributed by atoms with Crippen molar-refractivity contribution < 1.29 is 35.9 Å². The summed E-state index contributed by atoms with van der Waals surface area (Å²) in [5, 5.41) is 4.33. The molecule has 0 saturated carbocycles. The normalized spacial score (nSPS) is 11.8. The van der Waals surface area contributed by atoms with Gasteiger partial charge in [-0.15, -0.1) is 0 Å². The third-order valence-electron chi connectivity index (χ3n) is 4.29. The third-order valence-corrected chi connectivity index (χ3v) is 4.29. The highest BCUT2D eigenvalue weighted by Gasteiger charge is 2.37. The standard InChI is InChI=1S/C21H16F6N4O2/c1-11-17(12(2)29-19(28-11)33-16-6-4-3-5-7-16)31-18(32)30-15-9-13(20(22,23)24)8-14(10-15)21(25,26)27/h3-10H,1-2H3,(H2,30,31,32). The molecule has 0 aliphatic rings. The van der Waals surface area contributed by atoms with Crippen LogP contribution < -0.4 is 15.4 Å². The second-order valence-electron chi connectivity index (χ2n) is 6.84. The molecule has 0 atom stereocenters. The van der Waals surface area contributed by atoms with Gasteiger partial charge in [-0.2, -0.15) is 36.3 Å². The van der Waals surface area contributed by atoms with Crippen molar-refractivity contribution in [1.29, 1.82) is 0 Å². The molecule has 0 aliphatic heterocycles. The molecule has 1 aromatic heterocycles. The molecule has 1 heterocycles. The van der Waals surface area contributed by atoms with Crippen molar-refractivity contribution in [3.8, 4) is 11.8 Å². The van der Waals surface area contributed by atoms with Crippen LogP contribution in [-0.4, -0.2) is 16.0 Å². The van der Waals surface area contributed by atoms with Gasteiger partial charge < -0.3 is 15.4 Å².